The molecule has 1 heterocycles. The summed E-state index contributed by atoms with van der Waals surface area (Å²) in [6.45, 7) is 0. The van der Waals surface area contributed by atoms with Gasteiger partial charge >= 0.3 is 0 Å². The van der Waals surface area contributed by atoms with Crippen LogP contribution in [0.3, 0.4) is 0 Å². The molecule has 1 N–H and O–H groups in total. The van der Waals surface area contributed by atoms with Crippen molar-refractivity contribution in [3.63, 3.8) is 0 Å². The van der Waals surface area contributed by atoms with E-state index in [1.54, 1.807) is 24.3 Å². The molecule has 1 aliphatic heterocycles. The zero-order valence-electron chi connectivity index (χ0n) is 14.8. The number of nitrogens with one attached hydrogen (secondary N) is 1. The number of benzene rings is 2. The zero-order valence-corrected chi connectivity index (χ0v) is 14.8. The number of rotatable bonds is 3. The number of para-hydroxylation sites is 1. The summed E-state index contributed by atoms with van der Waals surface area (Å²) >= 11 is 0. The monoisotopic (exact) mass is 360 g/mol. The maximum atomic E-state index is 12.9. The number of amides is 3. The SMILES string of the molecule is O=C(Nc1ccccc1)c1ccc(N2C(=O)[C@H]3[C@H]4CC[C@@H](C4)[C@@H]3C2=O)cc1. The van der Waals surface area contributed by atoms with Gasteiger partial charge in [-0.05, 0) is 67.5 Å². The highest BCUT2D eigenvalue weighted by Gasteiger charge is 2.61. The summed E-state index contributed by atoms with van der Waals surface area (Å²) in [4.78, 5) is 39.5. The van der Waals surface area contributed by atoms with Gasteiger partial charge in [0, 0.05) is 11.3 Å². The van der Waals surface area contributed by atoms with Gasteiger partial charge in [-0.3, -0.25) is 19.3 Å². The Bertz CT molecular complexity index is 894. The van der Waals surface area contributed by atoms with Gasteiger partial charge in [0.1, 0.15) is 0 Å². The number of carbonyl (C=O) groups excluding carboxylic acids is 3. The first-order chi connectivity index (χ1) is 13.1. The van der Waals surface area contributed by atoms with Gasteiger partial charge in [0.2, 0.25) is 11.8 Å². The summed E-state index contributed by atoms with van der Waals surface area (Å²) in [5.41, 5.74) is 1.77. The zero-order chi connectivity index (χ0) is 18.5. The van der Waals surface area contributed by atoms with E-state index < -0.39 is 0 Å². The number of hydrogen-bond acceptors (Lipinski definition) is 3. The lowest BCUT2D eigenvalue weighted by Crippen LogP contribution is -2.32. The van der Waals surface area contributed by atoms with Gasteiger partial charge < -0.3 is 5.32 Å². The van der Waals surface area contributed by atoms with E-state index in [9.17, 15) is 14.4 Å². The Kier molecular flexibility index (Phi) is 3.64. The molecule has 2 aromatic carbocycles. The van der Waals surface area contributed by atoms with Gasteiger partial charge in [-0.25, -0.2) is 0 Å². The molecule has 0 unspecified atom stereocenters. The Morgan fingerprint density at radius 1 is 0.852 bits per heavy atom. The first kappa shape index (κ1) is 16.2. The smallest absolute Gasteiger partial charge is 0.255 e. The fraction of sp³-hybridized carbons (Fsp3) is 0.318. The van der Waals surface area contributed by atoms with Crippen molar-refractivity contribution in [2.75, 3.05) is 10.2 Å². The van der Waals surface area contributed by atoms with Crippen molar-refractivity contribution in [3.8, 4) is 0 Å². The molecule has 2 bridgehead atoms. The molecule has 0 radical (unpaired) electrons. The van der Waals surface area contributed by atoms with Crippen LogP contribution < -0.4 is 10.2 Å². The molecule has 5 heteroatoms. The van der Waals surface area contributed by atoms with Crippen molar-refractivity contribution < 1.29 is 14.4 Å². The second kappa shape index (κ2) is 6.05. The van der Waals surface area contributed by atoms with Crippen LogP contribution in [0.25, 0.3) is 0 Å². The van der Waals surface area contributed by atoms with Gasteiger partial charge in [0.05, 0.1) is 17.5 Å². The second-order valence-electron chi connectivity index (χ2n) is 7.76. The molecule has 0 spiro atoms. The van der Waals surface area contributed by atoms with Crippen LogP contribution in [-0.4, -0.2) is 17.7 Å². The molecule has 5 nitrogen and oxygen atoms in total. The summed E-state index contributed by atoms with van der Waals surface area (Å²) in [7, 11) is 0. The summed E-state index contributed by atoms with van der Waals surface area (Å²) in [5, 5.41) is 2.83. The number of fused-ring (bicyclic) bond motifs is 5. The quantitative estimate of drug-likeness (QED) is 0.852. The van der Waals surface area contributed by atoms with Crippen LogP contribution in [0.1, 0.15) is 29.6 Å². The third-order valence-corrected chi connectivity index (χ3v) is 6.35. The molecule has 0 aromatic heterocycles. The largest absolute Gasteiger partial charge is 0.322 e. The van der Waals surface area contributed by atoms with Gasteiger partial charge in [-0.15, -0.1) is 0 Å². The van der Waals surface area contributed by atoms with Crippen LogP contribution in [-0.2, 0) is 9.59 Å². The molecular weight excluding hydrogens is 340 g/mol. The van der Waals surface area contributed by atoms with Crippen molar-refractivity contribution >= 4 is 29.1 Å². The molecule has 2 aliphatic carbocycles. The minimum absolute atomic E-state index is 0.0568. The van der Waals surface area contributed by atoms with E-state index in [2.05, 4.69) is 5.32 Å². The fourth-order valence-corrected chi connectivity index (χ4v) is 5.15. The van der Waals surface area contributed by atoms with E-state index >= 15 is 0 Å². The minimum atomic E-state index is -0.221. The highest BCUT2D eigenvalue weighted by Crippen LogP contribution is 2.56. The van der Waals surface area contributed by atoms with E-state index in [4.69, 9.17) is 0 Å². The summed E-state index contributed by atoms with van der Waals surface area (Å²) < 4.78 is 0. The molecule has 3 aliphatic rings. The topological polar surface area (TPSA) is 66.5 Å². The standard InChI is InChI=1S/C22H20N2O3/c25-20(23-16-4-2-1-3-5-16)13-8-10-17(11-9-13)24-21(26)18-14-6-7-15(12-14)19(18)22(24)27/h1-5,8-11,14-15,18-19H,6-7,12H2,(H,23,25)/t14-,15-,18-,19-/m0/s1. The van der Waals surface area contributed by atoms with Crippen LogP contribution >= 0.6 is 0 Å². The van der Waals surface area contributed by atoms with Crippen LogP contribution in [0, 0.1) is 23.7 Å². The lowest BCUT2D eigenvalue weighted by Gasteiger charge is -2.19. The number of anilines is 2. The first-order valence-electron chi connectivity index (χ1n) is 9.48. The Morgan fingerprint density at radius 2 is 1.44 bits per heavy atom. The number of carbonyl (C=O) groups is 3. The predicted octanol–water partition coefficient (Wildman–Crippen LogP) is 3.47. The maximum Gasteiger partial charge on any atom is 0.255 e. The second-order valence-corrected chi connectivity index (χ2v) is 7.76. The Morgan fingerprint density at radius 3 is 2.04 bits per heavy atom. The molecule has 136 valence electrons. The van der Waals surface area contributed by atoms with E-state index in [0.717, 1.165) is 24.9 Å². The Hall–Kier alpha value is -2.95. The van der Waals surface area contributed by atoms with Crippen molar-refractivity contribution in [1.29, 1.82) is 0 Å². The van der Waals surface area contributed by atoms with E-state index in [-0.39, 0.29) is 29.6 Å². The van der Waals surface area contributed by atoms with Crippen molar-refractivity contribution in [2.45, 2.75) is 19.3 Å². The Labute approximate surface area is 157 Å². The molecular formula is C22H20N2O3. The average molecular weight is 360 g/mol. The van der Waals surface area contributed by atoms with Crippen molar-refractivity contribution in [2.24, 2.45) is 23.7 Å². The average Bonchev–Trinajstić information content (AvgIpc) is 3.37. The normalized spacial score (nSPS) is 28.5. The van der Waals surface area contributed by atoms with E-state index in [1.165, 1.54) is 4.90 Å². The van der Waals surface area contributed by atoms with Crippen molar-refractivity contribution in [1.82, 2.24) is 0 Å². The Balaban J connectivity index is 1.36. The third-order valence-electron chi connectivity index (χ3n) is 6.35. The van der Waals surface area contributed by atoms with Gasteiger partial charge in [-0.2, -0.15) is 0 Å². The number of imide groups is 1. The highest BCUT2D eigenvalue weighted by molar-refractivity contribution is 6.22. The lowest BCUT2D eigenvalue weighted by molar-refractivity contribution is -0.123. The molecule has 4 atom stereocenters. The van der Waals surface area contributed by atoms with Gasteiger partial charge in [-0.1, -0.05) is 18.2 Å². The first-order valence-corrected chi connectivity index (χ1v) is 9.48. The van der Waals surface area contributed by atoms with E-state index in [0.29, 0.717) is 23.1 Å². The molecule has 3 fully saturated rings. The summed E-state index contributed by atoms with van der Waals surface area (Å²) in [6.07, 6.45) is 3.16. The minimum Gasteiger partial charge on any atom is -0.322 e. The fourth-order valence-electron chi connectivity index (χ4n) is 5.15. The van der Waals surface area contributed by atoms with Crippen LogP contribution in [0.4, 0.5) is 11.4 Å². The van der Waals surface area contributed by atoms with Crippen LogP contribution in [0.15, 0.2) is 54.6 Å². The molecule has 1 saturated heterocycles. The molecule has 3 amide bonds. The van der Waals surface area contributed by atoms with Gasteiger partial charge in [0.15, 0.2) is 0 Å². The summed E-state index contributed by atoms with van der Waals surface area (Å²) in [5.74, 6) is 0.156. The molecule has 5 rings (SSSR count). The maximum absolute atomic E-state index is 12.9. The van der Waals surface area contributed by atoms with E-state index in [1.807, 2.05) is 30.3 Å². The lowest BCUT2D eigenvalue weighted by atomic mass is 9.81. The number of nitrogens with zero attached hydrogens (tertiary/aromatic N) is 1. The van der Waals surface area contributed by atoms with Crippen LogP contribution in [0.5, 0.6) is 0 Å². The number of hydrogen-bond donors (Lipinski definition) is 1. The highest BCUT2D eigenvalue weighted by atomic mass is 16.2. The van der Waals surface area contributed by atoms with Gasteiger partial charge in [0.25, 0.3) is 5.91 Å². The van der Waals surface area contributed by atoms with Crippen LogP contribution in [0.2, 0.25) is 0 Å². The molecule has 2 saturated carbocycles. The third kappa shape index (κ3) is 2.49. The molecule has 27 heavy (non-hydrogen) atoms. The predicted molar refractivity (Wildman–Crippen MR) is 101 cm³/mol. The summed E-state index contributed by atoms with van der Waals surface area (Å²) in [6, 6.07) is 15.9. The van der Waals surface area contributed by atoms with Crippen molar-refractivity contribution in [3.05, 3.63) is 60.2 Å². The molecule has 2 aromatic rings.